The fourth-order valence-electron chi connectivity index (χ4n) is 4.22. The molecule has 5 heteroatoms. The number of hydrogen-bond acceptors (Lipinski definition) is 4. The summed E-state index contributed by atoms with van der Waals surface area (Å²) in [6.07, 6.45) is 5.45. The molecule has 2 aliphatic rings. The van der Waals surface area contributed by atoms with Crippen LogP contribution in [0.1, 0.15) is 32.6 Å². The van der Waals surface area contributed by atoms with Gasteiger partial charge in [0.05, 0.1) is 4.92 Å². The van der Waals surface area contributed by atoms with Crippen LogP contribution in [0, 0.1) is 27.9 Å². The summed E-state index contributed by atoms with van der Waals surface area (Å²) in [7, 11) is 1.78. The van der Waals surface area contributed by atoms with E-state index in [1.165, 1.54) is 25.7 Å². The van der Waals surface area contributed by atoms with Crippen molar-refractivity contribution in [3.05, 3.63) is 28.3 Å². The van der Waals surface area contributed by atoms with Gasteiger partial charge in [-0.05, 0) is 50.0 Å². The lowest BCUT2D eigenvalue weighted by molar-refractivity contribution is -0.384. The number of hydrogen-bond donors (Lipinski definition) is 2. The highest BCUT2D eigenvalue weighted by Gasteiger charge is 2.41. The molecule has 2 saturated carbocycles. The average Bonchev–Trinajstić information content (AvgIpc) is 3.09. The summed E-state index contributed by atoms with van der Waals surface area (Å²) < 4.78 is 0. The Hall–Kier alpha value is -1.78. The maximum Gasteiger partial charge on any atom is 0.273 e. The van der Waals surface area contributed by atoms with Gasteiger partial charge < -0.3 is 10.6 Å². The van der Waals surface area contributed by atoms with Gasteiger partial charge in [-0.25, -0.2) is 0 Å². The molecule has 0 saturated heterocycles. The molecule has 0 heterocycles. The van der Waals surface area contributed by atoms with E-state index in [1.807, 2.05) is 6.07 Å². The van der Waals surface area contributed by atoms with Crippen molar-refractivity contribution in [2.75, 3.05) is 17.7 Å². The number of rotatable bonds is 5. The van der Waals surface area contributed by atoms with Crippen molar-refractivity contribution in [1.29, 1.82) is 0 Å². The molecule has 0 spiro atoms. The van der Waals surface area contributed by atoms with Gasteiger partial charge in [0.15, 0.2) is 0 Å². The minimum atomic E-state index is -0.339. The van der Waals surface area contributed by atoms with Crippen LogP contribution in [0.3, 0.4) is 0 Å². The zero-order valence-corrected chi connectivity index (χ0v) is 12.6. The molecule has 21 heavy (non-hydrogen) atoms. The highest BCUT2D eigenvalue weighted by molar-refractivity contribution is 5.63. The van der Waals surface area contributed by atoms with Crippen molar-refractivity contribution in [3.8, 4) is 0 Å². The third kappa shape index (κ3) is 2.82. The van der Waals surface area contributed by atoms with Crippen molar-refractivity contribution in [3.63, 3.8) is 0 Å². The first kappa shape index (κ1) is 14.2. The summed E-state index contributed by atoms with van der Waals surface area (Å²) in [6.45, 7) is 2.21. The van der Waals surface area contributed by atoms with E-state index in [9.17, 15) is 10.1 Å². The molecule has 0 aliphatic heterocycles. The molecule has 2 fully saturated rings. The molecular formula is C16H23N3O2. The van der Waals surface area contributed by atoms with Gasteiger partial charge in [-0.1, -0.05) is 6.42 Å². The summed E-state index contributed by atoms with van der Waals surface area (Å²) in [5.41, 5.74) is 1.74. The minimum Gasteiger partial charge on any atom is -0.388 e. The number of benzene rings is 1. The maximum absolute atomic E-state index is 11.0. The topological polar surface area (TPSA) is 67.2 Å². The largest absolute Gasteiger partial charge is 0.388 e. The molecule has 0 amide bonds. The maximum atomic E-state index is 11.0. The van der Waals surface area contributed by atoms with Crippen molar-refractivity contribution in [1.82, 2.24) is 0 Å². The quantitative estimate of drug-likeness (QED) is 0.638. The highest BCUT2D eigenvalue weighted by Crippen LogP contribution is 2.49. The second kappa shape index (κ2) is 5.54. The van der Waals surface area contributed by atoms with Gasteiger partial charge in [-0.2, -0.15) is 0 Å². The van der Waals surface area contributed by atoms with E-state index in [-0.39, 0.29) is 10.6 Å². The van der Waals surface area contributed by atoms with Crippen LogP contribution < -0.4 is 10.6 Å². The van der Waals surface area contributed by atoms with Crippen LogP contribution in [-0.4, -0.2) is 18.0 Å². The molecule has 0 aromatic heterocycles. The van der Waals surface area contributed by atoms with Gasteiger partial charge in [-0.15, -0.1) is 0 Å². The summed E-state index contributed by atoms with van der Waals surface area (Å²) in [5, 5.41) is 17.5. The SMILES string of the molecule is CNc1cc(NC(C)C2CC3CCC2C3)cc([N+](=O)[O-])c1. The van der Waals surface area contributed by atoms with Crippen molar-refractivity contribution in [2.45, 2.75) is 38.6 Å². The fraction of sp³-hybridized carbons (Fsp3) is 0.625. The molecule has 2 bridgehead atoms. The van der Waals surface area contributed by atoms with E-state index in [2.05, 4.69) is 17.6 Å². The van der Waals surface area contributed by atoms with Crippen molar-refractivity contribution in [2.24, 2.45) is 17.8 Å². The minimum absolute atomic E-state index is 0.129. The fourth-order valence-corrected chi connectivity index (χ4v) is 4.22. The predicted molar refractivity (Wildman–Crippen MR) is 84.7 cm³/mol. The molecule has 4 unspecified atom stereocenters. The highest BCUT2D eigenvalue weighted by atomic mass is 16.6. The van der Waals surface area contributed by atoms with Crippen molar-refractivity contribution >= 4 is 17.1 Å². The second-order valence-electron chi connectivity index (χ2n) is 6.55. The number of nitro groups is 1. The van der Waals surface area contributed by atoms with Gasteiger partial charge in [0, 0.05) is 36.6 Å². The predicted octanol–water partition coefficient (Wildman–Crippen LogP) is 3.87. The molecule has 4 atom stereocenters. The number of nitrogens with zero attached hydrogens (tertiary/aromatic N) is 1. The monoisotopic (exact) mass is 289 g/mol. The first-order chi connectivity index (χ1) is 10.1. The molecule has 1 aromatic carbocycles. The van der Waals surface area contributed by atoms with E-state index in [4.69, 9.17) is 0 Å². The third-order valence-electron chi connectivity index (χ3n) is 5.25. The van der Waals surface area contributed by atoms with Crippen LogP contribution in [0.15, 0.2) is 18.2 Å². The van der Waals surface area contributed by atoms with E-state index in [1.54, 1.807) is 19.2 Å². The zero-order chi connectivity index (χ0) is 15.0. The lowest BCUT2D eigenvalue weighted by Gasteiger charge is -2.29. The van der Waals surface area contributed by atoms with Gasteiger partial charge in [0.25, 0.3) is 5.69 Å². The Labute approximate surface area is 125 Å². The van der Waals surface area contributed by atoms with Crippen LogP contribution in [0.5, 0.6) is 0 Å². The molecule has 0 radical (unpaired) electrons. The van der Waals surface area contributed by atoms with Crippen molar-refractivity contribution < 1.29 is 4.92 Å². The third-order valence-corrected chi connectivity index (χ3v) is 5.25. The van der Waals surface area contributed by atoms with Gasteiger partial charge in [0.1, 0.15) is 0 Å². The van der Waals surface area contributed by atoms with E-state index in [0.717, 1.165) is 23.2 Å². The normalized spacial score (nSPS) is 28.4. The summed E-state index contributed by atoms with van der Waals surface area (Å²) in [5.74, 6) is 2.48. The molecule has 2 aliphatic carbocycles. The number of fused-ring (bicyclic) bond motifs is 2. The van der Waals surface area contributed by atoms with Crippen LogP contribution in [0.25, 0.3) is 0 Å². The standard InChI is InChI=1S/C16H23N3O2/c1-10(16-6-11-3-4-12(16)5-11)18-14-7-13(17-2)8-15(9-14)19(20)21/h7-12,16-18H,3-6H2,1-2H3. The summed E-state index contributed by atoms with van der Waals surface area (Å²) in [4.78, 5) is 10.7. The number of nitro benzene ring substituents is 1. The lowest BCUT2D eigenvalue weighted by atomic mass is 9.84. The summed E-state index contributed by atoms with van der Waals surface area (Å²) >= 11 is 0. The molecule has 114 valence electrons. The smallest absolute Gasteiger partial charge is 0.273 e. The van der Waals surface area contributed by atoms with Crippen LogP contribution in [0.4, 0.5) is 17.1 Å². The van der Waals surface area contributed by atoms with Gasteiger partial charge >= 0.3 is 0 Å². The van der Waals surface area contributed by atoms with E-state index < -0.39 is 0 Å². The second-order valence-corrected chi connectivity index (χ2v) is 6.55. The number of anilines is 2. The Morgan fingerprint density at radius 2 is 2.00 bits per heavy atom. The Balaban J connectivity index is 1.74. The Morgan fingerprint density at radius 1 is 1.24 bits per heavy atom. The average molecular weight is 289 g/mol. The zero-order valence-electron chi connectivity index (χ0n) is 12.6. The molecular weight excluding hydrogens is 266 g/mol. The van der Waals surface area contributed by atoms with Crippen LogP contribution >= 0.6 is 0 Å². The molecule has 3 rings (SSSR count). The Morgan fingerprint density at radius 3 is 2.57 bits per heavy atom. The van der Waals surface area contributed by atoms with Gasteiger partial charge in [-0.3, -0.25) is 10.1 Å². The molecule has 5 nitrogen and oxygen atoms in total. The molecule has 1 aromatic rings. The first-order valence-electron chi connectivity index (χ1n) is 7.80. The number of non-ortho nitro benzene ring substituents is 1. The Bertz CT molecular complexity index is 546. The van der Waals surface area contributed by atoms with E-state index >= 15 is 0 Å². The molecule has 2 N–H and O–H groups in total. The number of nitrogens with one attached hydrogen (secondary N) is 2. The van der Waals surface area contributed by atoms with Crippen LogP contribution in [0.2, 0.25) is 0 Å². The Kier molecular flexibility index (Phi) is 3.74. The van der Waals surface area contributed by atoms with Gasteiger partial charge in [0.2, 0.25) is 0 Å². The van der Waals surface area contributed by atoms with Crippen LogP contribution in [-0.2, 0) is 0 Å². The van der Waals surface area contributed by atoms with E-state index in [0.29, 0.717) is 12.0 Å². The first-order valence-corrected chi connectivity index (χ1v) is 7.80. The lowest BCUT2D eigenvalue weighted by Crippen LogP contribution is -2.29. The summed E-state index contributed by atoms with van der Waals surface area (Å²) in [6, 6.07) is 5.50.